The molecule has 1 aromatic heterocycles. The number of rotatable bonds is 5. The SMILES string of the molecule is CN(Cc1ncn[nH]1)S(=O)(=O)c1ccc(F)c(C(=O)O)c1. The molecule has 0 saturated carbocycles. The molecule has 0 atom stereocenters. The van der Waals surface area contributed by atoms with Crippen LogP contribution in [0.15, 0.2) is 29.4 Å². The smallest absolute Gasteiger partial charge is 0.338 e. The molecule has 0 radical (unpaired) electrons. The van der Waals surface area contributed by atoms with Gasteiger partial charge in [0.15, 0.2) is 0 Å². The molecule has 2 rings (SSSR count). The van der Waals surface area contributed by atoms with Gasteiger partial charge in [-0.3, -0.25) is 5.10 Å². The van der Waals surface area contributed by atoms with E-state index in [9.17, 15) is 17.6 Å². The minimum atomic E-state index is -3.97. The molecule has 0 aliphatic carbocycles. The van der Waals surface area contributed by atoms with Gasteiger partial charge in [0, 0.05) is 7.05 Å². The minimum Gasteiger partial charge on any atom is -0.478 e. The molecule has 0 spiro atoms. The number of sulfonamides is 1. The van der Waals surface area contributed by atoms with E-state index in [0.29, 0.717) is 5.82 Å². The third kappa shape index (κ3) is 3.06. The van der Waals surface area contributed by atoms with Crippen LogP contribution in [0.1, 0.15) is 16.2 Å². The number of aromatic amines is 1. The Bertz CT molecular complexity index is 761. The average molecular weight is 314 g/mol. The highest BCUT2D eigenvalue weighted by molar-refractivity contribution is 7.89. The number of nitrogens with zero attached hydrogens (tertiary/aromatic N) is 3. The lowest BCUT2D eigenvalue weighted by atomic mass is 10.2. The van der Waals surface area contributed by atoms with Gasteiger partial charge in [0.25, 0.3) is 0 Å². The second kappa shape index (κ2) is 5.58. The van der Waals surface area contributed by atoms with E-state index in [0.717, 1.165) is 22.5 Å². The number of halogens is 1. The first-order chi connectivity index (χ1) is 9.82. The van der Waals surface area contributed by atoms with Crippen molar-refractivity contribution in [2.75, 3.05) is 7.05 Å². The van der Waals surface area contributed by atoms with Crippen molar-refractivity contribution in [3.63, 3.8) is 0 Å². The predicted molar refractivity (Wildman–Crippen MR) is 68.4 cm³/mol. The van der Waals surface area contributed by atoms with E-state index in [1.807, 2.05) is 0 Å². The molecule has 1 heterocycles. The van der Waals surface area contributed by atoms with Crippen LogP contribution in [0.4, 0.5) is 4.39 Å². The summed E-state index contributed by atoms with van der Waals surface area (Å²) in [6.07, 6.45) is 1.23. The van der Waals surface area contributed by atoms with E-state index in [1.165, 1.54) is 13.4 Å². The number of aromatic carboxylic acids is 1. The normalized spacial score (nSPS) is 11.8. The monoisotopic (exact) mass is 314 g/mol. The molecular formula is C11H11FN4O4S. The second-order valence-corrected chi connectivity index (χ2v) is 6.18. The Hall–Kier alpha value is -2.33. The van der Waals surface area contributed by atoms with Gasteiger partial charge in [-0.1, -0.05) is 0 Å². The minimum absolute atomic E-state index is 0.0812. The highest BCUT2D eigenvalue weighted by atomic mass is 32.2. The average Bonchev–Trinajstić information content (AvgIpc) is 2.91. The van der Waals surface area contributed by atoms with Crippen LogP contribution in [0.2, 0.25) is 0 Å². The molecule has 0 unspecified atom stereocenters. The number of nitrogens with one attached hydrogen (secondary N) is 1. The van der Waals surface area contributed by atoms with Crippen LogP contribution in [0.5, 0.6) is 0 Å². The number of carbonyl (C=O) groups is 1. The highest BCUT2D eigenvalue weighted by Crippen LogP contribution is 2.19. The van der Waals surface area contributed by atoms with E-state index in [1.54, 1.807) is 0 Å². The van der Waals surface area contributed by atoms with Crippen molar-refractivity contribution in [2.45, 2.75) is 11.4 Å². The Morgan fingerprint density at radius 1 is 1.48 bits per heavy atom. The van der Waals surface area contributed by atoms with Crippen molar-refractivity contribution in [3.05, 3.63) is 41.7 Å². The van der Waals surface area contributed by atoms with Crippen LogP contribution in [-0.4, -0.2) is 46.0 Å². The summed E-state index contributed by atoms with van der Waals surface area (Å²) in [5.41, 5.74) is -0.704. The van der Waals surface area contributed by atoms with E-state index >= 15 is 0 Å². The molecular weight excluding hydrogens is 303 g/mol. The van der Waals surface area contributed by atoms with Crippen molar-refractivity contribution in [1.82, 2.24) is 19.5 Å². The third-order valence-electron chi connectivity index (χ3n) is 2.71. The van der Waals surface area contributed by atoms with Gasteiger partial charge in [-0.25, -0.2) is 22.6 Å². The third-order valence-corrected chi connectivity index (χ3v) is 4.51. The van der Waals surface area contributed by atoms with Crippen molar-refractivity contribution >= 4 is 16.0 Å². The number of hydrogen-bond acceptors (Lipinski definition) is 5. The summed E-state index contributed by atoms with van der Waals surface area (Å²) in [5.74, 6) is -2.22. The van der Waals surface area contributed by atoms with E-state index in [-0.39, 0.29) is 11.4 Å². The molecule has 21 heavy (non-hydrogen) atoms. The van der Waals surface area contributed by atoms with Crippen LogP contribution < -0.4 is 0 Å². The van der Waals surface area contributed by atoms with Crippen LogP contribution in [0.25, 0.3) is 0 Å². The fourth-order valence-electron chi connectivity index (χ4n) is 1.61. The van der Waals surface area contributed by atoms with Crippen molar-refractivity contribution in [3.8, 4) is 0 Å². The van der Waals surface area contributed by atoms with E-state index in [2.05, 4.69) is 15.2 Å². The first-order valence-electron chi connectivity index (χ1n) is 5.66. The van der Waals surface area contributed by atoms with Crippen molar-refractivity contribution < 1.29 is 22.7 Å². The van der Waals surface area contributed by atoms with Crippen molar-refractivity contribution in [1.29, 1.82) is 0 Å². The largest absolute Gasteiger partial charge is 0.478 e. The summed E-state index contributed by atoms with van der Waals surface area (Å²) in [6, 6.07) is 2.59. The zero-order chi connectivity index (χ0) is 15.6. The quantitative estimate of drug-likeness (QED) is 0.828. The van der Waals surface area contributed by atoms with Gasteiger partial charge < -0.3 is 5.11 Å². The summed E-state index contributed by atoms with van der Waals surface area (Å²) >= 11 is 0. The molecule has 2 N–H and O–H groups in total. The lowest BCUT2D eigenvalue weighted by molar-refractivity contribution is 0.0691. The van der Waals surface area contributed by atoms with E-state index in [4.69, 9.17) is 5.11 Å². The lowest BCUT2D eigenvalue weighted by Gasteiger charge is -2.16. The molecule has 2 aromatic rings. The predicted octanol–water partition coefficient (Wildman–Crippen LogP) is 0.463. The first-order valence-corrected chi connectivity index (χ1v) is 7.10. The fraction of sp³-hybridized carbons (Fsp3) is 0.182. The van der Waals surface area contributed by atoms with Gasteiger partial charge in [0.05, 0.1) is 17.0 Å². The van der Waals surface area contributed by atoms with Gasteiger partial charge in [-0.2, -0.15) is 9.40 Å². The first kappa shape index (κ1) is 15.1. The molecule has 0 fully saturated rings. The van der Waals surface area contributed by atoms with Crippen LogP contribution in [0.3, 0.4) is 0 Å². The number of aromatic nitrogens is 3. The number of hydrogen-bond donors (Lipinski definition) is 2. The van der Waals surface area contributed by atoms with Crippen LogP contribution in [0, 0.1) is 5.82 Å². The van der Waals surface area contributed by atoms with Crippen molar-refractivity contribution in [2.24, 2.45) is 0 Å². The molecule has 0 aliphatic rings. The summed E-state index contributed by atoms with van der Waals surface area (Å²) in [6.45, 7) is -0.0812. The Morgan fingerprint density at radius 3 is 2.76 bits per heavy atom. The number of carboxylic acids is 1. The Morgan fingerprint density at radius 2 is 2.19 bits per heavy atom. The molecule has 10 heteroatoms. The summed E-state index contributed by atoms with van der Waals surface area (Å²) in [7, 11) is -2.68. The van der Waals surface area contributed by atoms with Gasteiger partial charge in [-0.15, -0.1) is 0 Å². The molecule has 1 aromatic carbocycles. The summed E-state index contributed by atoms with van der Waals surface area (Å²) < 4.78 is 38.8. The number of carboxylic acid groups (broad SMARTS) is 1. The highest BCUT2D eigenvalue weighted by Gasteiger charge is 2.24. The summed E-state index contributed by atoms with van der Waals surface area (Å²) in [4.78, 5) is 14.3. The Labute approximate surface area is 119 Å². The maximum absolute atomic E-state index is 13.3. The van der Waals surface area contributed by atoms with Crippen LogP contribution in [-0.2, 0) is 16.6 Å². The summed E-state index contributed by atoms with van der Waals surface area (Å²) in [5, 5.41) is 14.9. The molecule has 112 valence electrons. The van der Waals surface area contributed by atoms with Gasteiger partial charge in [0.1, 0.15) is 18.0 Å². The zero-order valence-corrected chi connectivity index (χ0v) is 11.6. The molecule has 0 saturated heterocycles. The Kier molecular flexibility index (Phi) is 4.00. The van der Waals surface area contributed by atoms with Crippen LogP contribution >= 0.6 is 0 Å². The number of H-pyrrole nitrogens is 1. The molecule has 0 amide bonds. The molecule has 0 bridgehead atoms. The molecule has 0 aliphatic heterocycles. The van der Waals surface area contributed by atoms with Gasteiger partial charge >= 0.3 is 5.97 Å². The fourth-order valence-corrected chi connectivity index (χ4v) is 2.77. The van der Waals surface area contributed by atoms with Gasteiger partial charge in [0.2, 0.25) is 10.0 Å². The second-order valence-electron chi connectivity index (χ2n) is 4.14. The van der Waals surface area contributed by atoms with E-state index < -0.39 is 27.4 Å². The zero-order valence-electron chi connectivity index (χ0n) is 10.8. The van der Waals surface area contributed by atoms with Gasteiger partial charge in [-0.05, 0) is 18.2 Å². The molecule has 8 nitrogen and oxygen atoms in total. The maximum atomic E-state index is 13.3. The topological polar surface area (TPSA) is 116 Å². The lowest BCUT2D eigenvalue weighted by Crippen LogP contribution is -2.27. The number of benzene rings is 1. The maximum Gasteiger partial charge on any atom is 0.338 e. The Balaban J connectivity index is 2.35. The standard InChI is InChI=1S/C11H11FN4O4S/c1-16(5-10-13-6-14-15-10)21(19,20)7-2-3-9(12)8(4-7)11(17)18/h2-4,6H,5H2,1H3,(H,17,18)(H,13,14,15).